The van der Waals surface area contributed by atoms with Crippen molar-refractivity contribution in [1.82, 2.24) is 0 Å². The highest BCUT2D eigenvalue weighted by Gasteiger charge is 2.21. The standard InChI is InChI=1S/C17H19O2P/c1-2-3-12-20-18-16-10-6-4-8-14(16)13-15-9-5-7-11-17(15)19-20/h4-11H,2-3,12-13H2,1H3. The van der Waals surface area contributed by atoms with Crippen LogP contribution in [0.2, 0.25) is 0 Å². The van der Waals surface area contributed by atoms with Crippen LogP contribution in [0.3, 0.4) is 0 Å². The van der Waals surface area contributed by atoms with Gasteiger partial charge in [0, 0.05) is 12.6 Å². The van der Waals surface area contributed by atoms with E-state index in [2.05, 4.69) is 31.2 Å². The highest BCUT2D eigenvalue weighted by molar-refractivity contribution is 7.48. The van der Waals surface area contributed by atoms with E-state index in [9.17, 15) is 0 Å². The number of unbranched alkanes of at least 4 members (excludes halogenated alkanes) is 1. The monoisotopic (exact) mass is 286 g/mol. The first-order valence-electron chi connectivity index (χ1n) is 7.16. The van der Waals surface area contributed by atoms with Crippen molar-refractivity contribution in [2.45, 2.75) is 26.2 Å². The summed E-state index contributed by atoms with van der Waals surface area (Å²) in [7, 11) is -0.894. The van der Waals surface area contributed by atoms with Gasteiger partial charge in [-0.05, 0) is 29.7 Å². The van der Waals surface area contributed by atoms with E-state index in [-0.39, 0.29) is 0 Å². The van der Waals surface area contributed by atoms with Crippen LogP contribution in [0.25, 0.3) is 0 Å². The number of hydrogen-bond donors (Lipinski definition) is 0. The summed E-state index contributed by atoms with van der Waals surface area (Å²) in [5, 5.41) is 0. The predicted octanol–water partition coefficient (Wildman–Crippen LogP) is 5.16. The highest BCUT2D eigenvalue weighted by atomic mass is 31.2. The molecular formula is C17H19O2P. The summed E-state index contributed by atoms with van der Waals surface area (Å²) in [5.74, 6) is 1.95. The van der Waals surface area contributed by atoms with Gasteiger partial charge in [0.2, 0.25) is 0 Å². The van der Waals surface area contributed by atoms with Crippen LogP contribution in [0.15, 0.2) is 48.5 Å². The fourth-order valence-electron chi connectivity index (χ4n) is 2.30. The van der Waals surface area contributed by atoms with Crippen molar-refractivity contribution in [3.8, 4) is 11.5 Å². The maximum absolute atomic E-state index is 6.14. The second-order valence-corrected chi connectivity index (χ2v) is 6.46. The van der Waals surface area contributed by atoms with E-state index in [0.29, 0.717) is 0 Å². The molecule has 0 aromatic heterocycles. The summed E-state index contributed by atoms with van der Waals surface area (Å²) < 4.78 is 12.3. The molecule has 0 spiro atoms. The minimum Gasteiger partial charge on any atom is -0.438 e. The fourth-order valence-corrected chi connectivity index (χ4v) is 3.89. The molecule has 1 heterocycles. The Hall–Kier alpha value is -1.53. The molecular weight excluding hydrogens is 267 g/mol. The van der Waals surface area contributed by atoms with E-state index in [1.165, 1.54) is 11.1 Å². The largest absolute Gasteiger partial charge is 0.438 e. The number of hydrogen-bond acceptors (Lipinski definition) is 2. The second kappa shape index (κ2) is 6.28. The third-order valence-electron chi connectivity index (χ3n) is 3.42. The molecule has 0 saturated carbocycles. The van der Waals surface area contributed by atoms with Gasteiger partial charge in [0.1, 0.15) is 11.5 Å². The molecule has 0 unspecified atom stereocenters. The lowest BCUT2D eigenvalue weighted by atomic mass is 10.0. The third-order valence-corrected chi connectivity index (χ3v) is 4.90. The lowest BCUT2D eigenvalue weighted by Gasteiger charge is -2.24. The van der Waals surface area contributed by atoms with Crippen LogP contribution in [0, 0.1) is 0 Å². The van der Waals surface area contributed by atoms with Crippen molar-refractivity contribution in [3.63, 3.8) is 0 Å². The molecule has 3 rings (SSSR count). The van der Waals surface area contributed by atoms with Crippen molar-refractivity contribution in [2.75, 3.05) is 6.16 Å². The third kappa shape index (κ3) is 2.96. The molecule has 2 aromatic rings. The maximum Gasteiger partial charge on any atom is 0.290 e. The van der Waals surface area contributed by atoms with E-state index in [1.807, 2.05) is 24.3 Å². The average molecular weight is 286 g/mol. The van der Waals surface area contributed by atoms with Gasteiger partial charge in [-0.15, -0.1) is 0 Å². The van der Waals surface area contributed by atoms with Gasteiger partial charge in [-0.25, -0.2) is 0 Å². The Bertz CT molecular complexity index is 535. The Morgan fingerprint density at radius 1 is 0.900 bits per heavy atom. The zero-order chi connectivity index (χ0) is 13.8. The van der Waals surface area contributed by atoms with E-state index in [4.69, 9.17) is 9.05 Å². The van der Waals surface area contributed by atoms with Crippen LogP contribution in [-0.4, -0.2) is 6.16 Å². The van der Waals surface area contributed by atoms with E-state index in [0.717, 1.165) is 36.9 Å². The quantitative estimate of drug-likeness (QED) is 0.725. The first-order valence-corrected chi connectivity index (χ1v) is 8.52. The smallest absolute Gasteiger partial charge is 0.290 e. The van der Waals surface area contributed by atoms with Gasteiger partial charge < -0.3 is 9.05 Å². The number of benzene rings is 2. The maximum atomic E-state index is 6.14. The van der Waals surface area contributed by atoms with Gasteiger partial charge in [-0.1, -0.05) is 49.7 Å². The van der Waals surface area contributed by atoms with Crippen LogP contribution in [0.5, 0.6) is 11.5 Å². The Labute approximate surface area is 121 Å². The van der Waals surface area contributed by atoms with Crippen molar-refractivity contribution < 1.29 is 9.05 Å². The van der Waals surface area contributed by atoms with Crippen molar-refractivity contribution in [1.29, 1.82) is 0 Å². The predicted molar refractivity (Wildman–Crippen MR) is 83.6 cm³/mol. The molecule has 0 N–H and O–H groups in total. The van der Waals surface area contributed by atoms with Crippen LogP contribution >= 0.6 is 8.38 Å². The molecule has 0 saturated heterocycles. The molecule has 20 heavy (non-hydrogen) atoms. The summed E-state index contributed by atoms with van der Waals surface area (Å²) in [4.78, 5) is 0. The molecule has 1 aliphatic rings. The summed E-state index contributed by atoms with van der Waals surface area (Å²) >= 11 is 0. The summed E-state index contributed by atoms with van der Waals surface area (Å²) in [6, 6.07) is 16.6. The number of fused-ring (bicyclic) bond motifs is 2. The van der Waals surface area contributed by atoms with Gasteiger partial charge in [0.05, 0.1) is 0 Å². The number of rotatable bonds is 3. The molecule has 0 amide bonds. The highest BCUT2D eigenvalue weighted by Crippen LogP contribution is 2.45. The summed E-state index contributed by atoms with van der Waals surface area (Å²) in [5.41, 5.74) is 2.49. The van der Waals surface area contributed by atoms with Gasteiger partial charge in [0.15, 0.2) is 0 Å². The molecule has 0 bridgehead atoms. The Morgan fingerprint density at radius 2 is 1.45 bits per heavy atom. The molecule has 104 valence electrons. The molecule has 3 heteroatoms. The van der Waals surface area contributed by atoms with Crippen LogP contribution in [0.1, 0.15) is 30.9 Å². The zero-order valence-corrected chi connectivity index (χ0v) is 12.6. The lowest BCUT2D eigenvalue weighted by Crippen LogP contribution is -2.06. The Morgan fingerprint density at radius 3 is 2.00 bits per heavy atom. The Kier molecular flexibility index (Phi) is 4.22. The SMILES string of the molecule is CCCCP1Oc2ccccc2Cc2ccccc2O1. The zero-order valence-electron chi connectivity index (χ0n) is 11.7. The molecule has 2 aromatic carbocycles. The van der Waals surface area contributed by atoms with E-state index < -0.39 is 8.38 Å². The van der Waals surface area contributed by atoms with Crippen molar-refractivity contribution in [2.24, 2.45) is 0 Å². The second-order valence-electron chi connectivity index (χ2n) is 4.98. The van der Waals surface area contributed by atoms with E-state index in [1.54, 1.807) is 0 Å². The molecule has 1 aliphatic heterocycles. The normalized spacial score (nSPS) is 14.2. The van der Waals surface area contributed by atoms with Gasteiger partial charge in [-0.3, -0.25) is 0 Å². The van der Waals surface area contributed by atoms with Gasteiger partial charge in [0.25, 0.3) is 8.38 Å². The Balaban J connectivity index is 1.96. The van der Waals surface area contributed by atoms with Crippen LogP contribution in [0.4, 0.5) is 0 Å². The number of para-hydroxylation sites is 2. The van der Waals surface area contributed by atoms with Crippen molar-refractivity contribution >= 4 is 8.38 Å². The van der Waals surface area contributed by atoms with E-state index >= 15 is 0 Å². The van der Waals surface area contributed by atoms with Gasteiger partial charge >= 0.3 is 0 Å². The molecule has 0 aliphatic carbocycles. The molecule has 0 radical (unpaired) electrons. The van der Waals surface area contributed by atoms with Crippen molar-refractivity contribution in [3.05, 3.63) is 59.7 Å². The minimum absolute atomic E-state index is 0.864. The minimum atomic E-state index is -0.894. The first-order chi connectivity index (χ1) is 9.86. The van der Waals surface area contributed by atoms with Crippen LogP contribution in [-0.2, 0) is 6.42 Å². The van der Waals surface area contributed by atoms with Crippen LogP contribution < -0.4 is 9.05 Å². The fraction of sp³-hybridized carbons (Fsp3) is 0.294. The summed E-state index contributed by atoms with van der Waals surface area (Å²) in [6.07, 6.45) is 4.14. The van der Waals surface area contributed by atoms with Gasteiger partial charge in [-0.2, -0.15) is 0 Å². The topological polar surface area (TPSA) is 18.5 Å². The molecule has 0 atom stereocenters. The first kappa shape index (κ1) is 13.5. The summed E-state index contributed by atoms with van der Waals surface area (Å²) in [6.45, 7) is 2.20. The molecule has 2 nitrogen and oxygen atoms in total. The average Bonchev–Trinajstić information content (AvgIpc) is 2.46. The lowest BCUT2D eigenvalue weighted by molar-refractivity contribution is 0.474. The molecule has 0 fully saturated rings.